The molecular weight excluding hydrogens is 224 g/mol. The van der Waals surface area contributed by atoms with Crippen LogP contribution >= 0.6 is 0 Å². The lowest BCUT2D eigenvalue weighted by Gasteiger charge is -2.05. The Morgan fingerprint density at radius 1 is 1.00 bits per heavy atom. The highest BCUT2D eigenvalue weighted by molar-refractivity contribution is 5.66. The summed E-state index contributed by atoms with van der Waals surface area (Å²) in [6.45, 7) is 2.21. The van der Waals surface area contributed by atoms with Crippen LogP contribution in [0.1, 0.15) is 77.6 Å². The van der Waals surface area contributed by atoms with Crippen molar-refractivity contribution in [2.45, 2.75) is 77.6 Å². The van der Waals surface area contributed by atoms with E-state index in [9.17, 15) is 4.79 Å². The maximum atomic E-state index is 10.3. The predicted molar refractivity (Wildman–Crippen MR) is 77.5 cm³/mol. The largest absolute Gasteiger partial charge is 0.481 e. The Kier molecular flexibility index (Phi) is 13.6. The fraction of sp³-hybridized carbons (Fsp3) is 0.750. The standard InChI is InChI=1S/C16H29O2/c1-2-3-4-5-6-7-8-9-10-11-12-13-14-15-16(17)18/h4,7-8H,2-3,5-6,9-15H2,1H3,(H,17,18)/q-1/b8-7-. The molecule has 0 bridgehead atoms. The van der Waals surface area contributed by atoms with E-state index in [1.807, 2.05) is 0 Å². The van der Waals surface area contributed by atoms with Gasteiger partial charge >= 0.3 is 5.97 Å². The van der Waals surface area contributed by atoms with Gasteiger partial charge in [-0.25, -0.2) is 0 Å². The molecule has 1 N–H and O–H groups in total. The Labute approximate surface area is 112 Å². The van der Waals surface area contributed by atoms with E-state index in [-0.39, 0.29) is 0 Å². The second kappa shape index (κ2) is 14.3. The van der Waals surface area contributed by atoms with E-state index in [2.05, 4.69) is 25.5 Å². The van der Waals surface area contributed by atoms with Gasteiger partial charge in [0, 0.05) is 6.42 Å². The van der Waals surface area contributed by atoms with Crippen LogP contribution in [0.4, 0.5) is 0 Å². The van der Waals surface area contributed by atoms with E-state index in [4.69, 9.17) is 5.11 Å². The van der Waals surface area contributed by atoms with Gasteiger partial charge in [0.05, 0.1) is 0 Å². The molecule has 2 nitrogen and oxygen atoms in total. The molecule has 0 unspecified atom stereocenters. The quantitative estimate of drug-likeness (QED) is 0.280. The van der Waals surface area contributed by atoms with E-state index in [1.54, 1.807) is 0 Å². The second-order valence-corrected chi connectivity index (χ2v) is 4.83. The molecule has 0 amide bonds. The zero-order valence-electron chi connectivity index (χ0n) is 11.9. The van der Waals surface area contributed by atoms with Crippen molar-refractivity contribution in [3.8, 4) is 0 Å². The molecule has 0 rings (SSSR count). The highest BCUT2D eigenvalue weighted by Crippen LogP contribution is 2.08. The van der Waals surface area contributed by atoms with Crippen molar-refractivity contribution in [2.75, 3.05) is 0 Å². The maximum absolute atomic E-state index is 10.3. The van der Waals surface area contributed by atoms with Crippen molar-refractivity contribution in [1.82, 2.24) is 0 Å². The molecule has 106 valence electrons. The van der Waals surface area contributed by atoms with E-state index in [0.29, 0.717) is 6.42 Å². The van der Waals surface area contributed by atoms with Crippen LogP contribution in [0.25, 0.3) is 0 Å². The Morgan fingerprint density at radius 2 is 1.67 bits per heavy atom. The number of hydrogen-bond acceptors (Lipinski definition) is 1. The van der Waals surface area contributed by atoms with Crippen molar-refractivity contribution in [3.63, 3.8) is 0 Å². The molecule has 0 fully saturated rings. The molecule has 0 aromatic rings. The van der Waals surface area contributed by atoms with Crippen molar-refractivity contribution in [1.29, 1.82) is 0 Å². The van der Waals surface area contributed by atoms with Crippen molar-refractivity contribution < 1.29 is 9.90 Å². The minimum absolute atomic E-state index is 0.328. The fourth-order valence-electron chi connectivity index (χ4n) is 1.87. The van der Waals surface area contributed by atoms with Crippen LogP contribution in [0.15, 0.2) is 12.2 Å². The molecule has 0 spiro atoms. The molecular formula is C16H29O2-. The summed E-state index contributed by atoms with van der Waals surface area (Å²) in [6, 6.07) is 0. The van der Waals surface area contributed by atoms with Gasteiger partial charge in [-0.2, -0.15) is 12.8 Å². The van der Waals surface area contributed by atoms with Crippen molar-refractivity contribution in [3.05, 3.63) is 18.6 Å². The lowest BCUT2D eigenvalue weighted by Crippen LogP contribution is -1.93. The molecule has 0 aliphatic carbocycles. The number of unbranched alkanes of at least 4 members (excludes halogenated alkanes) is 9. The normalized spacial score (nSPS) is 11.2. The summed E-state index contributed by atoms with van der Waals surface area (Å²) >= 11 is 0. The molecule has 0 aliphatic heterocycles. The summed E-state index contributed by atoms with van der Waals surface area (Å²) in [4.78, 5) is 10.3. The van der Waals surface area contributed by atoms with Gasteiger partial charge in [-0.15, -0.1) is 0 Å². The zero-order valence-corrected chi connectivity index (χ0v) is 11.9. The Morgan fingerprint density at radius 3 is 2.39 bits per heavy atom. The SMILES string of the molecule is CCC[CH-]CC/C=C\CCCCCCCC(=O)O. The maximum Gasteiger partial charge on any atom is 0.303 e. The third-order valence-corrected chi connectivity index (χ3v) is 2.96. The molecule has 0 saturated carbocycles. The lowest BCUT2D eigenvalue weighted by atomic mass is 10.1. The first-order valence-corrected chi connectivity index (χ1v) is 7.45. The molecule has 0 aromatic heterocycles. The van der Waals surface area contributed by atoms with Gasteiger partial charge in [-0.1, -0.05) is 51.2 Å². The van der Waals surface area contributed by atoms with Crippen LogP contribution < -0.4 is 0 Å². The number of rotatable bonds is 13. The van der Waals surface area contributed by atoms with Gasteiger partial charge in [0.25, 0.3) is 0 Å². The molecule has 0 heterocycles. The molecule has 2 heteroatoms. The van der Waals surface area contributed by atoms with Crippen LogP contribution in [0, 0.1) is 6.42 Å². The Bertz CT molecular complexity index is 209. The number of carboxylic acids is 1. The van der Waals surface area contributed by atoms with Crippen molar-refractivity contribution >= 4 is 5.97 Å². The van der Waals surface area contributed by atoms with Gasteiger partial charge in [-0.05, 0) is 19.3 Å². The summed E-state index contributed by atoms with van der Waals surface area (Å²) in [6.07, 6.45) is 18.9. The van der Waals surface area contributed by atoms with E-state index in [1.165, 1.54) is 51.4 Å². The van der Waals surface area contributed by atoms with Crippen LogP contribution in [-0.2, 0) is 4.79 Å². The number of hydrogen-bond donors (Lipinski definition) is 1. The van der Waals surface area contributed by atoms with Crippen molar-refractivity contribution in [2.24, 2.45) is 0 Å². The average molecular weight is 253 g/mol. The third kappa shape index (κ3) is 15.2. The monoisotopic (exact) mass is 253 g/mol. The van der Waals surface area contributed by atoms with Gasteiger partial charge in [0.1, 0.15) is 0 Å². The highest BCUT2D eigenvalue weighted by atomic mass is 16.4. The Balaban J connectivity index is 3.06. The van der Waals surface area contributed by atoms with Crippen LogP contribution in [-0.4, -0.2) is 11.1 Å². The minimum atomic E-state index is -0.669. The number of carbonyl (C=O) groups is 1. The van der Waals surface area contributed by atoms with Gasteiger partial charge in [-0.3, -0.25) is 4.79 Å². The summed E-state index contributed by atoms with van der Waals surface area (Å²) in [5.41, 5.74) is 0. The highest BCUT2D eigenvalue weighted by Gasteiger charge is 1.95. The molecule has 0 aliphatic rings. The summed E-state index contributed by atoms with van der Waals surface area (Å²) in [7, 11) is 0. The average Bonchev–Trinajstić information content (AvgIpc) is 2.34. The first kappa shape index (κ1) is 17.2. The van der Waals surface area contributed by atoms with E-state index in [0.717, 1.165) is 12.8 Å². The first-order valence-electron chi connectivity index (χ1n) is 7.45. The van der Waals surface area contributed by atoms with Crippen LogP contribution in [0.3, 0.4) is 0 Å². The smallest absolute Gasteiger partial charge is 0.303 e. The first-order chi connectivity index (χ1) is 8.77. The number of carboxylic acid groups (broad SMARTS) is 1. The van der Waals surface area contributed by atoms with Gasteiger partial charge < -0.3 is 11.5 Å². The Hall–Kier alpha value is -0.790. The van der Waals surface area contributed by atoms with E-state index >= 15 is 0 Å². The molecule has 0 aromatic carbocycles. The van der Waals surface area contributed by atoms with Gasteiger partial charge in [0.2, 0.25) is 0 Å². The van der Waals surface area contributed by atoms with Gasteiger partial charge in [0.15, 0.2) is 0 Å². The zero-order chi connectivity index (χ0) is 13.5. The molecule has 0 saturated heterocycles. The fourth-order valence-corrected chi connectivity index (χ4v) is 1.87. The van der Waals surface area contributed by atoms with E-state index < -0.39 is 5.97 Å². The van der Waals surface area contributed by atoms with Crippen LogP contribution in [0.5, 0.6) is 0 Å². The lowest BCUT2D eigenvalue weighted by molar-refractivity contribution is -0.137. The summed E-state index contributed by atoms with van der Waals surface area (Å²) < 4.78 is 0. The second-order valence-electron chi connectivity index (χ2n) is 4.83. The van der Waals surface area contributed by atoms with Crippen LogP contribution in [0.2, 0.25) is 0 Å². The number of allylic oxidation sites excluding steroid dienone is 2. The molecule has 0 radical (unpaired) electrons. The number of aliphatic carboxylic acids is 1. The summed E-state index contributed by atoms with van der Waals surface area (Å²) in [5, 5.41) is 8.48. The minimum Gasteiger partial charge on any atom is -0.481 e. The summed E-state index contributed by atoms with van der Waals surface area (Å²) in [5.74, 6) is -0.669. The third-order valence-electron chi connectivity index (χ3n) is 2.96. The predicted octanol–water partition coefficient (Wildman–Crippen LogP) is 5.14. The molecule has 0 atom stereocenters. The molecule has 18 heavy (non-hydrogen) atoms. The topological polar surface area (TPSA) is 37.3 Å².